The Kier molecular flexibility index (Phi) is 6.03. The van der Waals surface area contributed by atoms with Crippen molar-refractivity contribution in [3.63, 3.8) is 0 Å². The van der Waals surface area contributed by atoms with Crippen LogP contribution in [0, 0.1) is 19.8 Å². The molecule has 1 aromatic heterocycles. The number of hydrogen-bond donors (Lipinski definition) is 1. The Hall–Kier alpha value is -1.70. The van der Waals surface area contributed by atoms with E-state index in [0.29, 0.717) is 30.1 Å². The van der Waals surface area contributed by atoms with Crippen molar-refractivity contribution in [2.24, 2.45) is 5.92 Å². The van der Waals surface area contributed by atoms with Gasteiger partial charge in [-0.15, -0.1) is 11.3 Å². The van der Waals surface area contributed by atoms with Gasteiger partial charge in [-0.05, 0) is 56.2 Å². The summed E-state index contributed by atoms with van der Waals surface area (Å²) < 4.78 is 27.1. The summed E-state index contributed by atoms with van der Waals surface area (Å²) in [5.41, 5.74) is 3.45. The van der Waals surface area contributed by atoms with Crippen LogP contribution < -0.4 is 5.32 Å². The number of thiophene rings is 1. The van der Waals surface area contributed by atoms with Gasteiger partial charge >= 0.3 is 0 Å². The van der Waals surface area contributed by atoms with Gasteiger partial charge in [-0.2, -0.15) is 4.31 Å². The lowest BCUT2D eigenvalue weighted by Gasteiger charge is -2.31. The van der Waals surface area contributed by atoms with Crippen molar-refractivity contribution in [3.8, 4) is 0 Å². The fourth-order valence-electron chi connectivity index (χ4n) is 3.53. The van der Waals surface area contributed by atoms with E-state index in [9.17, 15) is 13.2 Å². The molecule has 1 N–H and O–H groups in total. The molecule has 5 nitrogen and oxygen atoms in total. The zero-order chi connectivity index (χ0) is 19.6. The Morgan fingerprint density at radius 1 is 1.22 bits per heavy atom. The maximum absolute atomic E-state index is 12.7. The second-order valence-electron chi connectivity index (χ2n) is 7.20. The summed E-state index contributed by atoms with van der Waals surface area (Å²) in [6.07, 6.45) is 1.10. The number of rotatable bonds is 5. The molecule has 1 aliphatic rings. The van der Waals surface area contributed by atoms with Crippen LogP contribution in [0.5, 0.6) is 0 Å². The van der Waals surface area contributed by atoms with Crippen LogP contribution in [0.4, 0.5) is 0 Å². The first-order valence-electron chi connectivity index (χ1n) is 9.20. The molecule has 1 aliphatic heterocycles. The average molecular weight is 407 g/mol. The van der Waals surface area contributed by atoms with Crippen LogP contribution in [0.1, 0.15) is 42.5 Å². The smallest absolute Gasteiger partial charge is 0.252 e. The number of carbonyl (C=O) groups is 1. The summed E-state index contributed by atoms with van der Waals surface area (Å²) in [7, 11) is -3.42. The van der Waals surface area contributed by atoms with Crippen LogP contribution in [0.25, 0.3) is 0 Å². The van der Waals surface area contributed by atoms with Crippen molar-refractivity contribution in [1.82, 2.24) is 9.62 Å². The van der Waals surface area contributed by atoms with Gasteiger partial charge in [0.15, 0.2) is 0 Å². The number of carbonyl (C=O) groups excluding carboxylic acids is 1. The van der Waals surface area contributed by atoms with Gasteiger partial charge in [-0.25, -0.2) is 8.42 Å². The largest absolute Gasteiger partial charge is 0.349 e. The van der Waals surface area contributed by atoms with Crippen molar-refractivity contribution >= 4 is 27.3 Å². The molecule has 7 heteroatoms. The standard InChI is InChI=1S/C20H26N2O3S2/c1-14-6-7-15(2)18(13-14)16(3)21-20(23)17-8-10-22(11-9-17)27(24,25)19-5-4-12-26-19/h4-7,12-13,16-17H,8-11H2,1-3H3,(H,21,23). The maximum Gasteiger partial charge on any atom is 0.252 e. The Bertz CT molecular complexity index is 899. The normalized spacial score (nSPS) is 17.6. The molecule has 3 rings (SSSR count). The Labute approximate surface area is 165 Å². The van der Waals surface area contributed by atoms with Crippen molar-refractivity contribution in [3.05, 3.63) is 52.4 Å². The SMILES string of the molecule is Cc1ccc(C)c(C(C)NC(=O)C2CCN(S(=O)(=O)c3cccs3)CC2)c1. The van der Waals surface area contributed by atoms with E-state index >= 15 is 0 Å². The summed E-state index contributed by atoms with van der Waals surface area (Å²) in [5.74, 6) is -0.135. The minimum Gasteiger partial charge on any atom is -0.349 e. The Morgan fingerprint density at radius 3 is 2.56 bits per heavy atom. The molecule has 2 aromatic rings. The lowest BCUT2D eigenvalue weighted by Crippen LogP contribution is -2.43. The van der Waals surface area contributed by atoms with Gasteiger partial charge in [0.25, 0.3) is 10.0 Å². The van der Waals surface area contributed by atoms with Crippen LogP contribution in [0.3, 0.4) is 0 Å². The number of sulfonamides is 1. The zero-order valence-corrected chi connectivity index (χ0v) is 17.6. The van der Waals surface area contributed by atoms with Crippen LogP contribution >= 0.6 is 11.3 Å². The van der Waals surface area contributed by atoms with E-state index in [1.165, 1.54) is 21.2 Å². The predicted molar refractivity (Wildman–Crippen MR) is 108 cm³/mol. The van der Waals surface area contributed by atoms with Crippen LogP contribution in [0.15, 0.2) is 39.9 Å². The fraction of sp³-hybridized carbons (Fsp3) is 0.450. The molecule has 1 amide bonds. The summed E-state index contributed by atoms with van der Waals surface area (Å²) in [6.45, 7) is 6.86. The minimum absolute atomic E-state index is 0.0107. The molecule has 0 bridgehead atoms. The van der Waals surface area contributed by atoms with Gasteiger partial charge in [-0.3, -0.25) is 4.79 Å². The van der Waals surface area contributed by atoms with E-state index in [4.69, 9.17) is 0 Å². The predicted octanol–water partition coefficient (Wildman–Crippen LogP) is 3.64. The van der Waals surface area contributed by atoms with E-state index < -0.39 is 10.0 Å². The Morgan fingerprint density at radius 2 is 1.93 bits per heavy atom. The van der Waals surface area contributed by atoms with Crippen LogP contribution in [-0.2, 0) is 14.8 Å². The van der Waals surface area contributed by atoms with Gasteiger partial charge in [0.2, 0.25) is 5.91 Å². The molecule has 1 unspecified atom stereocenters. The first-order chi connectivity index (χ1) is 12.8. The third kappa shape index (κ3) is 4.42. The van der Waals surface area contributed by atoms with E-state index in [-0.39, 0.29) is 17.9 Å². The van der Waals surface area contributed by atoms with Crippen LogP contribution in [-0.4, -0.2) is 31.7 Å². The molecular weight excluding hydrogens is 380 g/mol. The molecule has 1 aromatic carbocycles. The number of nitrogens with one attached hydrogen (secondary N) is 1. The number of piperidine rings is 1. The molecule has 1 fully saturated rings. The van der Waals surface area contributed by atoms with Crippen molar-refractivity contribution in [2.45, 2.75) is 43.9 Å². The third-order valence-corrected chi connectivity index (χ3v) is 8.45. The molecule has 2 heterocycles. The van der Waals surface area contributed by atoms with Crippen molar-refractivity contribution in [1.29, 1.82) is 0 Å². The number of amides is 1. The average Bonchev–Trinajstić information content (AvgIpc) is 3.19. The molecule has 1 atom stereocenters. The van der Waals surface area contributed by atoms with Crippen molar-refractivity contribution < 1.29 is 13.2 Å². The second kappa shape index (κ2) is 8.12. The van der Waals surface area contributed by atoms with Gasteiger partial charge in [0.05, 0.1) is 6.04 Å². The second-order valence-corrected chi connectivity index (χ2v) is 10.3. The topological polar surface area (TPSA) is 66.5 Å². The lowest BCUT2D eigenvalue weighted by molar-refractivity contribution is -0.126. The van der Waals surface area contributed by atoms with E-state index in [1.807, 2.05) is 20.8 Å². The van der Waals surface area contributed by atoms with E-state index in [2.05, 4.69) is 23.5 Å². The van der Waals surface area contributed by atoms with E-state index in [0.717, 1.165) is 11.1 Å². The van der Waals surface area contributed by atoms with Crippen molar-refractivity contribution in [2.75, 3.05) is 13.1 Å². The van der Waals surface area contributed by atoms with Gasteiger partial charge < -0.3 is 5.32 Å². The molecule has 146 valence electrons. The zero-order valence-electron chi connectivity index (χ0n) is 15.9. The summed E-state index contributed by atoms with van der Waals surface area (Å²) >= 11 is 1.23. The maximum atomic E-state index is 12.7. The first kappa shape index (κ1) is 20.0. The number of nitrogens with zero attached hydrogens (tertiary/aromatic N) is 1. The fourth-order valence-corrected chi connectivity index (χ4v) is 6.15. The van der Waals surface area contributed by atoms with E-state index in [1.54, 1.807) is 17.5 Å². The molecule has 0 spiro atoms. The molecular formula is C20H26N2O3S2. The third-order valence-electron chi connectivity index (χ3n) is 5.17. The molecule has 0 aliphatic carbocycles. The number of benzene rings is 1. The molecule has 0 saturated carbocycles. The van der Waals surface area contributed by atoms with Gasteiger partial charge in [-0.1, -0.05) is 29.8 Å². The quantitative estimate of drug-likeness (QED) is 0.824. The Balaban J connectivity index is 1.59. The first-order valence-corrected chi connectivity index (χ1v) is 11.5. The number of aryl methyl sites for hydroxylation is 2. The highest BCUT2D eigenvalue weighted by atomic mass is 32.2. The molecule has 1 saturated heterocycles. The lowest BCUT2D eigenvalue weighted by atomic mass is 9.95. The minimum atomic E-state index is -3.42. The van der Waals surface area contributed by atoms with Gasteiger partial charge in [0, 0.05) is 19.0 Å². The molecule has 27 heavy (non-hydrogen) atoms. The van der Waals surface area contributed by atoms with Crippen LogP contribution in [0.2, 0.25) is 0 Å². The highest BCUT2D eigenvalue weighted by Crippen LogP contribution is 2.27. The highest BCUT2D eigenvalue weighted by Gasteiger charge is 2.33. The highest BCUT2D eigenvalue weighted by molar-refractivity contribution is 7.91. The summed E-state index contributed by atoms with van der Waals surface area (Å²) in [5, 5.41) is 4.88. The summed E-state index contributed by atoms with van der Waals surface area (Å²) in [4.78, 5) is 12.7. The molecule has 0 radical (unpaired) electrons. The monoisotopic (exact) mass is 406 g/mol. The van der Waals surface area contributed by atoms with Gasteiger partial charge in [0.1, 0.15) is 4.21 Å². The summed E-state index contributed by atoms with van der Waals surface area (Å²) in [6, 6.07) is 9.55. The number of hydrogen-bond acceptors (Lipinski definition) is 4.